The maximum atomic E-state index is 12.9. The average Bonchev–Trinajstić information content (AvgIpc) is 3.19. The molecule has 156 valence electrons. The first kappa shape index (κ1) is 21.0. The lowest BCUT2D eigenvalue weighted by atomic mass is 9.77. The van der Waals surface area contributed by atoms with Crippen LogP contribution in [-0.4, -0.2) is 32.5 Å². The summed E-state index contributed by atoms with van der Waals surface area (Å²) in [5, 5.41) is 13.2. The largest absolute Gasteiger partial charge is 0.345 e. The van der Waals surface area contributed by atoms with E-state index in [1.807, 2.05) is 18.2 Å². The SMILES string of the molecule is CC(=O)Nc1ccc(CCC2(NC(=O)c3cc(C(C)C)[nH]n3)CCCCC2)cn1. The van der Waals surface area contributed by atoms with E-state index >= 15 is 0 Å². The summed E-state index contributed by atoms with van der Waals surface area (Å²) in [6.45, 7) is 5.61. The number of nitrogens with zero attached hydrogens (tertiary/aromatic N) is 2. The molecule has 0 aliphatic heterocycles. The average molecular weight is 398 g/mol. The number of hydrogen-bond donors (Lipinski definition) is 3. The zero-order valence-corrected chi connectivity index (χ0v) is 17.5. The van der Waals surface area contributed by atoms with E-state index in [0.29, 0.717) is 17.4 Å². The quantitative estimate of drug-likeness (QED) is 0.658. The molecule has 0 aromatic carbocycles. The first-order valence-corrected chi connectivity index (χ1v) is 10.5. The summed E-state index contributed by atoms with van der Waals surface area (Å²) in [5.41, 5.74) is 2.32. The van der Waals surface area contributed by atoms with Gasteiger partial charge in [0.25, 0.3) is 5.91 Å². The van der Waals surface area contributed by atoms with Crippen LogP contribution >= 0.6 is 0 Å². The third-order valence-electron chi connectivity index (χ3n) is 5.66. The number of hydrogen-bond acceptors (Lipinski definition) is 4. The lowest BCUT2D eigenvalue weighted by Gasteiger charge is -2.38. The van der Waals surface area contributed by atoms with Crippen LogP contribution in [0.2, 0.25) is 0 Å². The lowest BCUT2D eigenvalue weighted by molar-refractivity contribution is -0.114. The molecule has 29 heavy (non-hydrogen) atoms. The first-order chi connectivity index (χ1) is 13.9. The van der Waals surface area contributed by atoms with E-state index in [1.165, 1.54) is 13.3 Å². The number of rotatable bonds is 7. The van der Waals surface area contributed by atoms with Gasteiger partial charge in [-0.05, 0) is 49.3 Å². The Kier molecular flexibility index (Phi) is 6.67. The molecule has 2 aromatic heterocycles. The topological polar surface area (TPSA) is 99.8 Å². The standard InChI is InChI=1S/C22H31N5O2/c1-15(2)18-13-19(27-26-18)21(29)25-22(10-5-4-6-11-22)12-9-17-7-8-20(23-14-17)24-16(3)28/h7-8,13-15H,4-6,9-12H2,1-3H3,(H,25,29)(H,26,27)(H,23,24,28). The van der Waals surface area contributed by atoms with Gasteiger partial charge in [-0.25, -0.2) is 4.98 Å². The van der Waals surface area contributed by atoms with Gasteiger partial charge in [-0.15, -0.1) is 0 Å². The van der Waals surface area contributed by atoms with Crippen molar-refractivity contribution in [2.75, 3.05) is 5.32 Å². The van der Waals surface area contributed by atoms with E-state index in [9.17, 15) is 9.59 Å². The monoisotopic (exact) mass is 397 g/mol. The number of amides is 2. The highest BCUT2D eigenvalue weighted by molar-refractivity contribution is 5.93. The molecule has 2 amide bonds. The summed E-state index contributed by atoms with van der Waals surface area (Å²) in [5.74, 6) is 0.629. The molecule has 1 aliphatic carbocycles. The van der Waals surface area contributed by atoms with Crippen molar-refractivity contribution in [1.29, 1.82) is 0 Å². The van der Waals surface area contributed by atoms with Gasteiger partial charge >= 0.3 is 0 Å². The number of aromatic nitrogens is 3. The van der Waals surface area contributed by atoms with Gasteiger partial charge in [-0.1, -0.05) is 39.2 Å². The van der Waals surface area contributed by atoms with Crippen LogP contribution in [0.15, 0.2) is 24.4 Å². The predicted molar refractivity (Wildman–Crippen MR) is 113 cm³/mol. The van der Waals surface area contributed by atoms with Gasteiger partial charge in [-0.3, -0.25) is 14.7 Å². The van der Waals surface area contributed by atoms with E-state index in [0.717, 1.165) is 49.8 Å². The fraction of sp³-hybridized carbons (Fsp3) is 0.545. The second-order valence-corrected chi connectivity index (χ2v) is 8.39. The molecule has 7 nitrogen and oxygen atoms in total. The van der Waals surface area contributed by atoms with Crippen LogP contribution in [-0.2, 0) is 11.2 Å². The third kappa shape index (κ3) is 5.65. The van der Waals surface area contributed by atoms with Crippen LogP contribution in [0.25, 0.3) is 0 Å². The number of aromatic amines is 1. The van der Waals surface area contributed by atoms with Crippen molar-refractivity contribution in [1.82, 2.24) is 20.5 Å². The fourth-order valence-corrected chi connectivity index (χ4v) is 3.93. The summed E-state index contributed by atoms with van der Waals surface area (Å²) >= 11 is 0. The maximum Gasteiger partial charge on any atom is 0.272 e. The van der Waals surface area contributed by atoms with Crippen molar-refractivity contribution >= 4 is 17.6 Å². The highest BCUT2D eigenvalue weighted by atomic mass is 16.2. The highest BCUT2D eigenvalue weighted by Gasteiger charge is 2.34. The smallest absolute Gasteiger partial charge is 0.272 e. The lowest BCUT2D eigenvalue weighted by Crippen LogP contribution is -2.50. The van der Waals surface area contributed by atoms with Crippen LogP contribution in [0.4, 0.5) is 5.82 Å². The number of pyridine rings is 1. The second-order valence-electron chi connectivity index (χ2n) is 8.39. The Morgan fingerprint density at radius 1 is 1.21 bits per heavy atom. The molecule has 0 saturated heterocycles. The minimum Gasteiger partial charge on any atom is -0.345 e. The van der Waals surface area contributed by atoms with E-state index < -0.39 is 0 Å². The molecule has 2 aromatic rings. The molecule has 2 heterocycles. The maximum absolute atomic E-state index is 12.9. The highest BCUT2D eigenvalue weighted by Crippen LogP contribution is 2.32. The molecule has 1 saturated carbocycles. The predicted octanol–water partition coefficient (Wildman–Crippen LogP) is 3.95. The van der Waals surface area contributed by atoms with Crippen LogP contribution in [0.1, 0.15) is 87.0 Å². The molecular formula is C22H31N5O2. The number of nitrogens with one attached hydrogen (secondary N) is 3. The third-order valence-corrected chi connectivity index (χ3v) is 5.66. The van der Waals surface area contributed by atoms with Crippen molar-refractivity contribution in [3.8, 4) is 0 Å². The number of H-pyrrole nitrogens is 1. The molecule has 7 heteroatoms. The van der Waals surface area contributed by atoms with Crippen LogP contribution in [0.5, 0.6) is 0 Å². The molecule has 3 rings (SSSR count). The second kappa shape index (κ2) is 9.20. The number of carbonyl (C=O) groups is 2. The van der Waals surface area contributed by atoms with Gasteiger partial charge in [0.15, 0.2) is 0 Å². The van der Waals surface area contributed by atoms with Crippen LogP contribution in [0.3, 0.4) is 0 Å². The van der Waals surface area contributed by atoms with Crippen molar-refractivity contribution in [3.63, 3.8) is 0 Å². The van der Waals surface area contributed by atoms with E-state index in [4.69, 9.17) is 0 Å². The van der Waals surface area contributed by atoms with Crippen molar-refractivity contribution < 1.29 is 9.59 Å². The zero-order chi connectivity index (χ0) is 20.9. The number of anilines is 1. The Hall–Kier alpha value is -2.70. The summed E-state index contributed by atoms with van der Waals surface area (Å²) < 4.78 is 0. The van der Waals surface area contributed by atoms with Crippen molar-refractivity contribution in [3.05, 3.63) is 41.3 Å². The Labute approximate surface area is 172 Å². The Bertz CT molecular complexity index is 835. The molecule has 0 unspecified atom stereocenters. The summed E-state index contributed by atoms with van der Waals surface area (Å²) in [6, 6.07) is 5.65. The van der Waals surface area contributed by atoms with Crippen LogP contribution in [0, 0.1) is 0 Å². The summed E-state index contributed by atoms with van der Waals surface area (Å²) in [4.78, 5) is 28.3. The van der Waals surface area contributed by atoms with Crippen molar-refractivity contribution in [2.45, 2.75) is 77.2 Å². The molecule has 1 aliphatic rings. The Morgan fingerprint density at radius 3 is 2.55 bits per heavy atom. The van der Waals surface area contributed by atoms with E-state index in [2.05, 4.69) is 39.7 Å². The molecule has 0 bridgehead atoms. The Morgan fingerprint density at radius 2 is 1.97 bits per heavy atom. The zero-order valence-electron chi connectivity index (χ0n) is 17.5. The van der Waals surface area contributed by atoms with E-state index in [-0.39, 0.29) is 17.4 Å². The van der Waals surface area contributed by atoms with Crippen molar-refractivity contribution in [2.24, 2.45) is 0 Å². The molecule has 1 fully saturated rings. The van der Waals surface area contributed by atoms with Gasteiger partial charge in [0.05, 0.1) is 0 Å². The summed E-state index contributed by atoms with van der Waals surface area (Å²) in [7, 11) is 0. The molecule has 0 atom stereocenters. The molecule has 0 spiro atoms. The Balaban J connectivity index is 1.66. The van der Waals surface area contributed by atoms with Gasteiger partial charge < -0.3 is 10.6 Å². The van der Waals surface area contributed by atoms with E-state index in [1.54, 1.807) is 6.20 Å². The minimum absolute atomic E-state index is 0.103. The van der Waals surface area contributed by atoms with Gasteiger partial charge in [0.1, 0.15) is 11.5 Å². The normalized spacial score (nSPS) is 15.9. The van der Waals surface area contributed by atoms with Gasteiger partial charge in [-0.2, -0.15) is 5.10 Å². The van der Waals surface area contributed by atoms with Gasteiger partial charge in [0.2, 0.25) is 5.91 Å². The number of carbonyl (C=O) groups excluding carboxylic acids is 2. The molecular weight excluding hydrogens is 366 g/mol. The first-order valence-electron chi connectivity index (χ1n) is 10.5. The van der Waals surface area contributed by atoms with Gasteiger partial charge in [0, 0.05) is 24.4 Å². The molecule has 3 N–H and O–H groups in total. The fourth-order valence-electron chi connectivity index (χ4n) is 3.93. The number of aryl methyl sites for hydroxylation is 1. The van der Waals surface area contributed by atoms with Crippen LogP contribution < -0.4 is 10.6 Å². The summed E-state index contributed by atoms with van der Waals surface area (Å²) in [6.07, 6.45) is 8.91. The molecule has 0 radical (unpaired) electrons. The minimum atomic E-state index is -0.206.